The van der Waals surface area contributed by atoms with Gasteiger partial charge in [0.15, 0.2) is 0 Å². The number of hydrogen-bond acceptors (Lipinski definition) is 3. The minimum absolute atomic E-state index is 0.594. The molecule has 0 aliphatic heterocycles. The average molecular weight is 222 g/mol. The van der Waals surface area contributed by atoms with Crippen LogP contribution in [-0.2, 0) is 13.6 Å². The van der Waals surface area contributed by atoms with E-state index in [0.29, 0.717) is 6.04 Å². The quantitative estimate of drug-likeness (QED) is 0.845. The Morgan fingerprint density at radius 2 is 2.19 bits per heavy atom. The third-order valence-electron chi connectivity index (χ3n) is 3.74. The van der Waals surface area contributed by atoms with Crippen LogP contribution >= 0.6 is 0 Å². The van der Waals surface area contributed by atoms with Crippen molar-refractivity contribution in [3.05, 3.63) is 12.2 Å². The molecule has 1 aromatic heterocycles. The number of nitrogens with zero attached hydrogens (tertiary/aromatic N) is 3. The Labute approximate surface area is 97.5 Å². The first-order chi connectivity index (χ1) is 7.77. The molecule has 0 amide bonds. The molecule has 1 atom stereocenters. The van der Waals surface area contributed by atoms with Crippen molar-refractivity contribution in [1.29, 1.82) is 0 Å². The normalized spacial score (nSPS) is 19.9. The number of aromatic nitrogens is 3. The fraction of sp³-hybridized carbons (Fsp3) is 0.833. The van der Waals surface area contributed by atoms with E-state index < -0.39 is 0 Å². The highest BCUT2D eigenvalue weighted by molar-refractivity contribution is 4.84. The Hall–Kier alpha value is -0.900. The van der Waals surface area contributed by atoms with Crippen LogP contribution < -0.4 is 5.32 Å². The second kappa shape index (κ2) is 5.43. The molecule has 4 heteroatoms. The Morgan fingerprint density at radius 1 is 1.44 bits per heavy atom. The summed E-state index contributed by atoms with van der Waals surface area (Å²) in [6.07, 6.45) is 8.61. The summed E-state index contributed by atoms with van der Waals surface area (Å²) in [5.74, 6) is 1.87. The number of rotatable bonds is 4. The molecule has 1 saturated carbocycles. The first kappa shape index (κ1) is 11.6. The molecule has 0 spiro atoms. The Bertz CT molecular complexity index is 315. The van der Waals surface area contributed by atoms with E-state index in [4.69, 9.17) is 0 Å². The van der Waals surface area contributed by atoms with Crippen LogP contribution in [-0.4, -0.2) is 20.8 Å². The van der Waals surface area contributed by atoms with E-state index in [1.54, 1.807) is 6.33 Å². The van der Waals surface area contributed by atoms with E-state index >= 15 is 0 Å². The molecular weight excluding hydrogens is 200 g/mol. The molecule has 4 nitrogen and oxygen atoms in total. The molecule has 90 valence electrons. The van der Waals surface area contributed by atoms with E-state index in [1.807, 2.05) is 11.7 Å². The molecule has 1 fully saturated rings. The van der Waals surface area contributed by atoms with Crippen molar-refractivity contribution in [2.24, 2.45) is 13.0 Å². The maximum absolute atomic E-state index is 4.22. The standard InChI is InChI=1S/C12H22N4/c1-10(11-6-4-3-5-7-11)13-8-12-14-9-15-16(12)2/h9-11,13H,3-8H2,1-2H3. The van der Waals surface area contributed by atoms with Crippen molar-refractivity contribution in [3.63, 3.8) is 0 Å². The summed E-state index contributed by atoms with van der Waals surface area (Å²) >= 11 is 0. The van der Waals surface area contributed by atoms with Crippen LogP contribution in [0.1, 0.15) is 44.9 Å². The molecule has 2 rings (SSSR count). The van der Waals surface area contributed by atoms with Crippen LogP contribution in [0.2, 0.25) is 0 Å². The fourth-order valence-corrected chi connectivity index (χ4v) is 2.53. The number of nitrogens with one attached hydrogen (secondary N) is 1. The van der Waals surface area contributed by atoms with E-state index in [2.05, 4.69) is 22.3 Å². The number of aryl methyl sites for hydroxylation is 1. The summed E-state index contributed by atoms with van der Waals surface area (Å²) in [6.45, 7) is 3.13. The van der Waals surface area contributed by atoms with Crippen molar-refractivity contribution >= 4 is 0 Å². The van der Waals surface area contributed by atoms with E-state index in [-0.39, 0.29) is 0 Å². The van der Waals surface area contributed by atoms with Crippen LogP contribution in [0.25, 0.3) is 0 Å². The second-order valence-corrected chi connectivity index (χ2v) is 4.87. The largest absolute Gasteiger partial charge is 0.307 e. The lowest BCUT2D eigenvalue weighted by molar-refractivity contribution is 0.278. The molecule has 0 radical (unpaired) electrons. The molecule has 1 N–H and O–H groups in total. The second-order valence-electron chi connectivity index (χ2n) is 4.87. The van der Waals surface area contributed by atoms with Crippen LogP contribution in [0.5, 0.6) is 0 Å². The maximum Gasteiger partial charge on any atom is 0.140 e. The summed E-state index contributed by atoms with van der Waals surface area (Å²) in [6, 6.07) is 0.594. The molecule has 0 aromatic carbocycles. The van der Waals surface area contributed by atoms with Gasteiger partial charge in [-0.15, -0.1) is 0 Å². The van der Waals surface area contributed by atoms with Gasteiger partial charge in [0.1, 0.15) is 12.2 Å². The first-order valence-corrected chi connectivity index (χ1v) is 6.33. The molecule has 0 bridgehead atoms. The summed E-state index contributed by atoms with van der Waals surface area (Å²) in [5.41, 5.74) is 0. The molecule has 1 aliphatic rings. The van der Waals surface area contributed by atoms with E-state index in [0.717, 1.165) is 18.3 Å². The molecule has 16 heavy (non-hydrogen) atoms. The maximum atomic E-state index is 4.22. The molecule has 1 aromatic rings. The summed E-state index contributed by atoms with van der Waals surface area (Å²) in [7, 11) is 1.94. The van der Waals surface area contributed by atoms with Crippen molar-refractivity contribution < 1.29 is 0 Å². The fourth-order valence-electron chi connectivity index (χ4n) is 2.53. The topological polar surface area (TPSA) is 42.7 Å². The zero-order valence-electron chi connectivity index (χ0n) is 10.3. The monoisotopic (exact) mass is 222 g/mol. The lowest BCUT2D eigenvalue weighted by atomic mass is 9.84. The SMILES string of the molecule is CC(NCc1ncnn1C)C1CCCCC1. The first-order valence-electron chi connectivity index (χ1n) is 6.33. The van der Waals surface area contributed by atoms with Crippen LogP contribution in [0.15, 0.2) is 6.33 Å². The van der Waals surface area contributed by atoms with Crippen LogP contribution in [0.4, 0.5) is 0 Å². The molecule has 1 aliphatic carbocycles. The van der Waals surface area contributed by atoms with Gasteiger partial charge in [-0.3, -0.25) is 4.68 Å². The zero-order chi connectivity index (χ0) is 11.4. The zero-order valence-corrected chi connectivity index (χ0v) is 10.3. The van der Waals surface area contributed by atoms with Gasteiger partial charge in [-0.1, -0.05) is 19.3 Å². The highest BCUT2D eigenvalue weighted by atomic mass is 15.3. The van der Waals surface area contributed by atoms with Crippen molar-refractivity contribution in [2.75, 3.05) is 0 Å². The van der Waals surface area contributed by atoms with Gasteiger partial charge in [-0.25, -0.2) is 4.98 Å². The van der Waals surface area contributed by atoms with Gasteiger partial charge in [0.05, 0.1) is 6.54 Å². The predicted molar refractivity (Wildman–Crippen MR) is 63.9 cm³/mol. The van der Waals surface area contributed by atoms with Gasteiger partial charge in [0, 0.05) is 13.1 Å². The van der Waals surface area contributed by atoms with Gasteiger partial charge in [0.25, 0.3) is 0 Å². The van der Waals surface area contributed by atoms with Gasteiger partial charge in [-0.05, 0) is 25.7 Å². The van der Waals surface area contributed by atoms with Gasteiger partial charge >= 0.3 is 0 Å². The third kappa shape index (κ3) is 2.82. The Balaban J connectivity index is 1.78. The lowest BCUT2D eigenvalue weighted by Crippen LogP contribution is -2.34. The smallest absolute Gasteiger partial charge is 0.140 e. The molecule has 1 heterocycles. The average Bonchev–Trinajstić information content (AvgIpc) is 2.73. The Kier molecular flexibility index (Phi) is 3.93. The van der Waals surface area contributed by atoms with Crippen LogP contribution in [0, 0.1) is 5.92 Å². The third-order valence-corrected chi connectivity index (χ3v) is 3.74. The highest BCUT2D eigenvalue weighted by Crippen LogP contribution is 2.26. The van der Waals surface area contributed by atoms with Gasteiger partial charge < -0.3 is 5.32 Å². The predicted octanol–water partition coefficient (Wildman–Crippen LogP) is 1.87. The summed E-state index contributed by atoms with van der Waals surface area (Å²) < 4.78 is 1.83. The Morgan fingerprint density at radius 3 is 2.81 bits per heavy atom. The van der Waals surface area contributed by atoms with Crippen molar-refractivity contribution in [2.45, 2.75) is 51.6 Å². The summed E-state index contributed by atoms with van der Waals surface area (Å²) in [4.78, 5) is 4.22. The minimum Gasteiger partial charge on any atom is -0.307 e. The van der Waals surface area contributed by atoms with Crippen molar-refractivity contribution in [3.8, 4) is 0 Å². The van der Waals surface area contributed by atoms with Gasteiger partial charge in [0.2, 0.25) is 0 Å². The highest BCUT2D eigenvalue weighted by Gasteiger charge is 2.19. The number of hydrogen-bond donors (Lipinski definition) is 1. The van der Waals surface area contributed by atoms with Gasteiger partial charge in [-0.2, -0.15) is 5.10 Å². The summed E-state index contributed by atoms with van der Waals surface area (Å²) in [5, 5.41) is 7.64. The van der Waals surface area contributed by atoms with E-state index in [1.165, 1.54) is 32.1 Å². The molecule has 0 saturated heterocycles. The van der Waals surface area contributed by atoms with E-state index in [9.17, 15) is 0 Å². The van der Waals surface area contributed by atoms with Crippen molar-refractivity contribution in [1.82, 2.24) is 20.1 Å². The minimum atomic E-state index is 0.594. The lowest BCUT2D eigenvalue weighted by Gasteiger charge is -2.28. The molecular formula is C12H22N4. The molecule has 1 unspecified atom stereocenters. The van der Waals surface area contributed by atoms with Crippen LogP contribution in [0.3, 0.4) is 0 Å².